The Kier molecular flexibility index (Phi) is 4.52. The van der Waals surface area contributed by atoms with Crippen molar-refractivity contribution < 1.29 is 9.59 Å². The molecule has 0 spiro atoms. The van der Waals surface area contributed by atoms with E-state index in [2.05, 4.69) is 4.98 Å². The maximum absolute atomic E-state index is 13.7. The van der Waals surface area contributed by atoms with Crippen molar-refractivity contribution in [2.45, 2.75) is 29.5 Å². The van der Waals surface area contributed by atoms with E-state index in [0.29, 0.717) is 10.7 Å². The number of hydrogen-bond acceptors (Lipinski definition) is 5. The number of anilines is 1. The van der Waals surface area contributed by atoms with E-state index < -0.39 is 0 Å². The van der Waals surface area contributed by atoms with Crippen LogP contribution in [0.3, 0.4) is 0 Å². The Morgan fingerprint density at radius 3 is 2.32 bits per heavy atom. The summed E-state index contributed by atoms with van der Waals surface area (Å²) in [4.78, 5) is 45.1. The van der Waals surface area contributed by atoms with Gasteiger partial charge in [0.05, 0.1) is 22.5 Å². The molecule has 0 unspecified atom stereocenters. The van der Waals surface area contributed by atoms with E-state index in [0.717, 1.165) is 27.5 Å². The molecule has 5 nitrogen and oxygen atoms in total. The number of hydrogen-bond donors (Lipinski definition) is 1. The highest BCUT2D eigenvalue weighted by Gasteiger charge is 2.69. The van der Waals surface area contributed by atoms with Crippen molar-refractivity contribution >= 4 is 52.2 Å². The highest BCUT2D eigenvalue weighted by atomic mass is 35.5. The first-order valence-corrected chi connectivity index (χ1v) is 13.6. The number of fused-ring (bicyclic) bond motifs is 9. The number of nitrogens with zero attached hydrogens (tertiary/aromatic N) is 1. The first kappa shape index (κ1) is 21.0. The van der Waals surface area contributed by atoms with Gasteiger partial charge in [0.1, 0.15) is 0 Å². The highest BCUT2D eigenvalue weighted by molar-refractivity contribution is 8.00. The molecule has 1 aromatic heterocycles. The molecule has 4 aliphatic rings. The Morgan fingerprint density at radius 1 is 0.941 bits per heavy atom. The highest BCUT2D eigenvalue weighted by Crippen LogP contribution is 2.68. The van der Waals surface area contributed by atoms with Gasteiger partial charge >= 0.3 is 4.87 Å². The van der Waals surface area contributed by atoms with Gasteiger partial charge in [0, 0.05) is 21.1 Å². The number of carbonyl (C=O) groups excluding carboxylic acids is 2. The number of imide groups is 1. The van der Waals surface area contributed by atoms with Crippen molar-refractivity contribution in [3.63, 3.8) is 0 Å². The molecule has 7 rings (SSSR count). The monoisotopic (exact) mass is 508 g/mol. The SMILES string of the molecule is Cc1ccc(N2C(=O)[C@@H]3[C@H]4C[C@@H]([C@@H]3C2=O)[C@@H]2[C@@H](c3ccc(Cl)cc3)c3sc(=O)[nH]c3S[C@@H]42)cc1. The minimum Gasteiger partial charge on any atom is -0.307 e. The van der Waals surface area contributed by atoms with Gasteiger partial charge in [-0.3, -0.25) is 19.3 Å². The molecule has 0 radical (unpaired) electrons. The number of nitrogens with one attached hydrogen (secondary N) is 1. The van der Waals surface area contributed by atoms with Crippen LogP contribution in [0.5, 0.6) is 0 Å². The molecule has 7 atom stereocenters. The van der Waals surface area contributed by atoms with Gasteiger partial charge in [0.25, 0.3) is 0 Å². The molecule has 2 aliphatic heterocycles. The second kappa shape index (κ2) is 7.33. The van der Waals surface area contributed by atoms with E-state index in [1.807, 2.05) is 55.5 Å². The number of amides is 2. The van der Waals surface area contributed by atoms with Crippen molar-refractivity contribution in [3.8, 4) is 0 Å². The van der Waals surface area contributed by atoms with Crippen LogP contribution in [0.15, 0.2) is 58.4 Å². The zero-order chi connectivity index (χ0) is 23.3. The predicted molar refractivity (Wildman–Crippen MR) is 134 cm³/mol. The topological polar surface area (TPSA) is 70.2 Å². The summed E-state index contributed by atoms with van der Waals surface area (Å²) in [5, 5.41) is 1.79. The van der Waals surface area contributed by atoms with E-state index in [9.17, 15) is 14.4 Å². The maximum Gasteiger partial charge on any atom is 0.305 e. The summed E-state index contributed by atoms with van der Waals surface area (Å²) in [6.45, 7) is 1.99. The molecule has 3 aromatic rings. The number of carbonyl (C=O) groups is 2. The largest absolute Gasteiger partial charge is 0.307 e. The molecule has 34 heavy (non-hydrogen) atoms. The Bertz CT molecular complexity index is 1400. The molecule has 2 aliphatic carbocycles. The van der Waals surface area contributed by atoms with E-state index in [-0.39, 0.29) is 57.4 Å². The molecule has 172 valence electrons. The third-order valence-electron chi connectivity index (χ3n) is 8.25. The molecule has 2 bridgehead atoms. The predicted octanol–water partition coefficient (Wildman–Crippen LogP) is 5.08. The average Bonchev–Trinajstić information content (AvgIpc) is 3.54. The van der Waals surface area contributed by atoms with Crippen LogP contribution < -0.4 is 9.77 Å². The fourth-order valence-corrected chi connectivity index (χ4v) is 10.0. The molecule has 2 saturated carbocycles. The van der Waals surface area contributed by atoms with Gasteiger partial charge < -0.3 is 4.98 Å². The molecule has 1 saturated heterocycles. The molecule has 2 aromatic carbocycles. The standard InChI is InChI=1S/C26H21ClN2O3S2/c1-11-2-8-14(9-3-11)29-24(30)19-15-10-16(20(19)25(29)31)21-18(15)17(12-4-6-13(27)7-5-12)22-23(33-21)28-26(32)34-22/h2-9,15-21H,10H2,1H3,(H,28,32)/t15-,16-,17-,18-,19+,20-,21+/m1/s1. The van der Waals surface area contributed by atoms with Crippen LogP contribution in [0.2, 0.25) is 5.02 Å². The summed E-state index contributed by atoms with van der Waals surface area (Å²) in [5.74, 6) is -0.205. The fraction of sp³-hybridized carbons (Fsp3) is 0.346. The number of benzene rings is 2. The fourth-order valence-electron chi connectivity index (χ4n) is 7.01. The molecule has 3 fully saturated rings. The summed E-state index contributed by atoms with van der Waals surface area (Å²) in [6, 6.07) is 15.5. The molecular weight excluding hydrogens is 488 g/mol. The van der Waals surface area contributed by atoms with Crippen molar-refractivity contribution in [1.29, 1.82) is 0 Å². The smallest absolute Gasteiger partial charge is 0.305 e. The number of thiazole rings is 1. The van der Waals surface area contributed by atoms with Crippen molar-refractivity contribution in [2.24, 2.45) is 29.6 Å². The molecular formula is C26H21ClN2O3S2. The normalized spacial score (nSPS) is 33.2. The van der Waals surface area contributed by atoms with Crippen molar-refractivity contribution in [3.05, 3.63) is 79.2 Å². The van der Waals surface area contributed by atoms with E-state index >= 15 is 0 Å². The third kappa shape index (κ3) is 2.77. The zero-order valence-electron chi connectivity index (χ0n) is 18.2. The minimum atomic E-state index is -0.285. The van der Waals surface area contributed by atoms with Crippen LogP contribution in [0.25, 0.3) is 0 Å². The van der Waals surface area contributed by atoms with Crippen LogP contribution in [0.4, 0.5) is 5.69 Å². The lowest BCUT2D eigenvalue weighted by atomic mass is 9.68. The number of thioether (sulfide) groups is 1. The number of halogens is 1. The van der Waals surface area contributed by atoms with Gasteiger partial charge in [0.15, 0.2) is 0 Å². The summed E-state index contributed by atoms with van der Waals surface area (Å²) in [6.07, 6.45) is 0.889. The van der Waals surface area contributed by atoms with Crippen LogP contribution in [-0.2, 0) is 9.59 Å². The zero-order valence-corrected chi connectivity index (χ0v) is 20.6. The van der Waals surface area contributed by atoms with Crippen LogP contribution in [0, 0.1) is 36.5 Å². The summed E-state index contributed by atoms with van der Waals surface area (Å²) < 4.78 is 0. The van der Waals surface area contributed by atoms with Gasteiger partial charge in [-0.05, 0) is 60.9 Å². The van der Waals surface area contributed by atoms with Crippen LogP contribution >= 0.6 is 34.7 Å². The maximum atomic E-state index is 13.7. The number of aromatic nitrogens is 1. The molecule has 8 heteroatoms. The first-order valence-electron chi connectivity index (χ1n) is 11.5. The van der Waals surface area contributed by atoms with E-state index in [1.165, 1.54) is 16.2 Å². The lowest BCUT2D eigenvalue weighted by Crippen LogP contribution is -2.42. The summed E-state index contributed by atoms with van der Waals surface area (Å²) >= 11 is 9.16. The number of rotatable bonds is 2. The quantitative estimate of drug-likeness (QED) is 0.490. The first-order chi connectivity index (χ1) is 16.4. The Balaban J connectivity index is 1.32. The lowest BCUT2D eigenvalue weighted by Gasteiger charge is -2.43. The average molecular weight is 509 g/mol. The molecule has 1 N–H and O–H groups in total. The van der Waals surface area contributed by atoms with Gasteiger partial charge in [-0.25, -0.2) is 0 Å². The van der Waals surface area contributed by atoms with Gasteiger partial charge in [0.2, 0.25) is 11.8 Å². The van der Waals surface area contributed by atoms with E-state index in [4.69, 9.17) is 11.6 Å². The van der Waals surface area contributed by atoms with E-state index in [1.54, 1.807) is 11.8 Å². The van der Waals surface area contributed by atoms with Crippen molar-refractivity contribution in [2.75, 3.05) is 4.90 Å². The summed E-state index contributed by atoms with van der Waals surface area (Å²) in [7, 11) is 0. The number of aromatic amines is 1. The van der Waals surface area contributed by atoms with Crippen molar-refractivity contribution in [1.82, 2.24) is 4.98 Å². The Morgan fingerprint density at radius 2 is 1.62 bits per heavy atom. The van der Waals surface area contributed by atoms with Crippen LogP contribution in [-0.4, -0.2) is 22.0 Å². The van der Waals surface area contributed by atoms with Gasteiger partial charge in [-0.15, -0.1) is 11.8 Å². The molecule has 2 amide bonds. The second-order valence-corrected chi connectivity index (χ2v) is 12.5. The summed E-state index contributed by atoms with van der Waals surface area (Å²) in [5.41, 5.74) is 2.88. The van der Waals surface area contributed by atoms with Crippen LogP contribution in [0.1, 0.15) is 28.3 Å². The Hall–Kier alpha value is -2.35. The number of H-pyrrole nitrogens is 1. The number of aryl methyl sites for hydroxylation is 1. The second-order valence-electron chi connectivity index (χ2n) is 9.86. The minimum absolute atomic E-state index is 0.0229. The lowest BCUT2D eigenvalue weighted by molar-refractivity contribution is -0.123. The van der Waals surface area contributed by atoms with Gasteiger partial charge in [-0.1, -0.05) is 52.8 Å². The Labute approximate surface area is 209 Å². The molecule has 3 heterocycles. The third-order valence-corrected chi connectivity index (χ3v) is 11.1. The van der Waals surface area contributed by atoms with Gasteiger partial charge in [-0.2, -0.15) is 0 Å².